The first kappa shape index (κ1) is 23.4. The van der Waals surface area contributed by atoms with Gasteiger partial charge in [-0.2, -0.15) is 0 Å². The maximum atomic E-state index is 13.9. The Hall–Kier alpha value is -2.23. The van der Waals surface area contributed by atoms with Crippen LogP contribution in [0.3, 0.4) is 0 Å². The van der Waals surface area contributed by atoms with E-state index >= 15 is 0 Å². The van der Waals surface area contributed by atoms with Crippen LogP contribution >= 0.6 is 23.4 Å². The van der Waals surface area contributed by atoms with Crippen molar-refractivity contribution in [3.63, 3.8) is 0 Å². The van der Waals surface area contributed by atoms with Crippen LogP contribution in [0.25, 0.3) is 0 Å². The predicted molar refractivity (Wildman–Crippen MR) is 113 cm³/mol. The van der Waals surface area contributed by atoms with E-state index in [2.05, 4.69) is 16.0 Å². The molecule has 2 aromatic carbocycles. The lowest BCUT2D eigenvalue weighted by Gasteiger charge is -2.37. The van der Waals surface area contributed by atoms with Gasteiger partial charge in [-0.1, -0.05) is 17.7 Å². The van der Waals surface area contributed by atoms with Gasteiger partial charge in [0.2, 0.25) is 11.8 Å². The number of piperidine rings is 1. The van der Waals surface area contributed by atoms with Crippen molar-refractivity contribution < 1.29 is 22.8 Å². The molecule has 0 spiro atoms. The van der Waals surface area contributed by atoms with Crippen molar-refractivity contribution in [3.8, 4) is 0 Å². The molecule has 1 fully saturated rings. The zero-order valence-electron chi connectivity index (χ0n) is 16.4. The Balaban J connectivity index is 1.63. The molecular weight excluding hydrogens is 451 g/mol. The van der Waals surface area contributed by atoms with E-state index < -0.39 is 28.9 Å². The number of hydrogen-bond donors (Lipinski definition) is 3. The molecule has 0 aliphatic carbocycles. The van der Waals surface area contributed by atoms with Crippen LogP contribution in [0.4, 0.5) is 13.2 Å². The zero-order valence-corrected chi connectivity index (χ0v) is 18.0. The van der Waals surface area contributed by atoms with Crippen molar-refractivity contribution in [3.05, 3.63) is 64.4 Å². The van der Waals surface area contributed by atoms with Gasteiger partial charge in [-0.05, 0) is 50.2 Å². The van der Waals surface area contributed by atoms with Gasteiger partial charge >= 0.3 is 0 Å². The second-order valence-corrected chi connectivity index (χ2v) is 8.59. The third kappa shape index (κ3) is 6.15. The van der Waals surface area contributed by atoms with Crippen molar-refractivity contribution in [2.24, 2.45) is 0 Å². The molecule has 1 aliphatic rings. The second kappa shape index (κ2) is 10.4. The number of rotatable bonds is 7. The Morgan fingerprint density at radius 1 is 1.06 bits per heavy atom. The van der Waals surface area contributed by atoms with Gasteiger partial charge in [0, 0.05) is 23.1 Å². The fourth-order valence-corrected chi connectivity index (χ4v) is 4.36. The topological polar surface area (TPSA) is 70.2 Å². The van der Waals surface area contributed by atoms with Gasteiger partial charge in [-0.3, -0.25) is 9.59 Å². The first-order chi connectivity index (χ1) is 14.8. The number of nitrogens with one attached hydrogen (secondary N) is 3. The molecule has 5 nitrogen and oxygen atoms in total. The molecule has 166 valence electrons. The molecule has 1 heterocycles. The van der Waals surface area contributed by atoms with Crippen molar-refractivity contribution in [2.75, 3.05) is 18.8 Å². The molecule has 3 rings (SSSR count). The Morgan fingerprint density at radius 2 is 1.74 bits per heavy atom. The maximum Gasteiger partial charge on any atom is 0.246 e. The Morgan fingerprint density at radius 3 is 2.42 bits per heavy atom. The van der Waals surface area contributed by atoms with Crippen molar-refractivity contribution in [1.29, 1.82) is 0 Å². The highest BCUT2D eigenvalue weighted by molar-refractivity contribution is 8.00. The Bertz CT molecular complexity index is 971. The van der Waals surface area contributed by atoms with E-state index in [0.29, 0.717) is 30.8 Å². The summed E-state index contributed by atoms with van der Waals surface area (Å²) in [5.74, 6) is -2.75. The molecule has 1 saturated heterocycles. The summed E-state index contributed by atoms with van der Waals surface area (Å²) in [7, 11) is 0. The smallest absolute Gasteiger partial charge is 0.246 e. The normalized spacial score (nSPS) is 15.4. The van der Waals surface area contributed by atoms with E-state index in [4.69, 9.17) is 11.6 Å². The largest absolute Gasteiger partial charge is 0.350 e. The van der Waals surface area contributed by atoms with Crippen LogP contribution in [-0.4, -0.2) is 36.2 Å². The number of thioether (sulfide) groups is 1. The van der Waals surface area contributed by atoms with Gasteiger partial charge in [0.25, 0.3) is 0 Å². The number of halogens is 4. The van der Waals surface area contributed by atoms with E-state index in [1.165, 1.54) is 18.2 Å². The first-order valence-corrected chi connectivity index (χ1v) is 11.0. The molecule has 2 amide bonds. The first-order valence-electron chi connectivity index (χ1n) is 9.61. The van der Waals surface area contributed by atoms with E-state index in [0.717, 1.165) is 30.0 Å². The highest BCUT2D eigenvalue weighted by Gasteiger charge is 2.40. The standard InChI is InChI=1S/C21H21ClF3N3O2S/c22-16-9-14(23)3-4-18(16)31-12-19(29)28-21(5-7-26-8-6-21)20(30)27-11-13-1-2-15(24)10-17(13)25/h1-4,9-10,26H,5-8,11-12H2,(H,27,30)(H,28,29). The van der Waals surface area contributed by atoms with Crippen LogP contribution in [0.2, 0.25) is 5.02 Å². The molecule has 0 saturated carbocycles. The number of benzene rings is 2. The number of hydrogen-bond acceptors (Lipinski definition) is 4. The lowest BCUT2D eigenvalue weighted by Crippen LogP contribution is -2.63. The second-order valence-electron chi connectivity index (χ2n) is 7.16. The number of carbonyl (C=O) groups is 2. The molecule has 31 heavy (non-hydrogen) atoms. The SMILES string of the molecule is O=C(CSc1ccc(F)cc1Cl)NC1(C(=O)NCc2ccc(F)cc2F)CCNCC1. The van der Waals surface area contributed by atoms with Crippen LogP contribution < -0.4 is 16.0 Å². The highest BCUT2D eigenvalue weighted by Crippen LogP contribution is 2.28. The zero-order chi connectivity index (χ0) is 22.4. The van der Waals surface area contributed by atoms with Gasteiger partial charge in [-0.15, -0.1) is 11.8 Å². The minimum absolute atomic E-state index is 0.0135. The van der Waals surface area contributed by atoms with E-state index in [-0.39, 0.29) is 28.8 Å². The van der Waals surface area contributed by atoms with Crippen molar-refractivity contribution in [2.45, 2.75) is 29.8 Å². The molecule has 0 bridgehead atoms. The van der Waals surface area contributed by atoms with Crippen LogP contribution in [0, 0.1) is 17.5 Å². The summed E-state index contributed by atoms with van der Waals surface area (Å²) in [4.78, 5) is 26.1. The van der Waals surface area contributed by atoms with E-state index in [1.807, 2.05) is 0 Å². The fourth-order valence-electron chi connectivity index (χ4n) is 3.31. The lowest BCUT2D eigenvalue weighted by atomic mass is 9.87. The highest BCUT2D eigenvalue weighted by atomic mass is 35.5. The average Bonchev–Trinajstić information content (AvgIpc) is 2.73. The van der Waals surface area contributed by atoms with Gasteiger partial charge in [0.15, 0.2) is 0 Å². The fraction of sp³-hybridized carbons (Fsp3) is 0.333. The molecule has 2 aromatic rings. The predicted octanol–water partition coefficient (Wildman–Crippen LogP) is 3.40. The molecule has 3 N–H and O–H groups in total. The summed E-state index contributed by atoms with van der Waals surface area (Å²) in [5.41, 5.74) is -1.00. The quantitative estimate of drug-likeness (QED) is 0.541. The summed E-state index contributed by atoms with van der Waals surface area (Å²) in [6, 6.07) is 7.04. The van der Waals surface area contributed by atoms with Crippen molar-refractivity contribution >= 4 is 35.2 Å². The van der Waals surface area contributed by atoms with Crippen LogP contribution in [0.5, 0.6) is 0 Å². The molecule has 0 unspecified atom stereocenters. The van der Waals surface area contributed by atoms with Gasteiger partial charge in [0.1, 0.15) is 23.0 Å². The third-order valence-corrected chi connectivity index (χ3v) is 6.48. The summed E-state index contributed by atoms with van der Waals surface area (Å²) >= 11 is 7.12. The molecule has 1 aliphatic heterocycles. The monoisotopic (exact) mass is 471 g/mol. The summed E-state index contributed by atoms with van der Waals surface area (Å²) < 4.78 is 40.1. The van der Waals surface area contributed by atoms with Crippen molar-refractivity contribution in [1.82, 2.24) is 16.0 Å². The molecule has 0 atom stereocenters. The number of carbonyl (C=O) groups excluding carboxylic acids is 2. The van der Waals surface area contributed by atoms with Gasteiger partial charge < -0.3 is 16.0 Å². The molecular formula is C21H21ClF3N3O2S. The third-order valence-electron chi connectivity index (χ3n) is 4.98. The number of amides is 2. The molecule has 10 heteroatoms. The van der Waals surface area contributed by atoms with Crippen LogP contribution in [0.1, 0.15) is 18.4 Å². The summed E-state index contributed by atoms with van der Waals surface area (Å²) in [6.45, 7) is 0.918. The Labute approximate surface area is 187 Å². The maximum absolute atomic E-state index is 13.9. The van der Waals surface area contributed by atoms with Crippen LogP contribution in [-0.2, 0) is 16.1 Å². The van der Waals surface area contributed by atoms with Gasteiger partial charge in [-0.25, -0.2) is 13.2 Å². The molecule has 0 aromatic heterocycles. The minimum Gasteiger partial charge on any atom is -0.350 e. The minimum atomic E-state index is -1.15. The summed E-state index contributed by atoms with van der Waals surface area (Å²) in [5, 5.41) is 8.80. The van der Waals surface area contributed by atoms with Crippen LogP contribution in [0.15, 0.2) is 41.3 Å². The Kier molecular flexibility index (Phi) is 7.85. The lowest BCUT2D eigenvalue weighted by molar-refractivity contribution is -0.134. The molecule has 0 radical (unpaired) electrons. The average molecular weight is 472 g/mol. The van der Waals surface area contributed by atoms with E-state index in [9.17, 15) is 22.8 Å². The summed E-state index contributed by atoms with van der Waals surface area (Å²) in [6.07, 6.45) is 0.719. The van der Waals surface area contributed by atoms with Gasteiger partial charge in [0.05, 0.1) is 10.8 Å². The van der Waals surface area contributed by atoms with E-state index in [1.54, 1.807) is 0 Å².